The minimum atomic E-state index is -0.667. The van der Waals surface area contributed by atoms with Gasteiger partial charge in [0.25, 0.3) is 0 Å². The standard InChI is InChI=1S/C68H47N/c1-5-22-48(23-6-1)49-40-44-54(45-41-49)69(65-39-20-15-31-57(65)50-24-7-2-8-25-50)55-46-42-51(43-47-55)56-30-13-16-34-60(56)67(52-26-9-3-10-27-52)62-36-18-19-37-63(62)68(53-28-11-4-12-29-53)61-35-17-14-32-58(61)59-33-21-38-64(67)66(59)68/h1-47H. The van der Waals surface area contributed by atoms with E-state index in [4.69, 9.17) is 0 Å². The molecule has 0 aliphatic heterocycles. The van der Waals surface area contributed by atoms with Gasteiger partial charge in [0.05, 0.1) is 16.5 Å². The minimum Gasteiger partial charge on any atom is -0.310 e. The van der Waals surface area contributed by atoms with Crippen LogP contribution in [0.2, 0.25) is 0 Å². The fourth-order valence-electron chi connectivity index (χ4n) is 12.1. The zero-order chi connectivity index (χ0) is 45.8. The molecule has 11 aromatic carbocycles. The lowest BCUT2D eigenvalue weighted by molar-refractivity contribution is 0.627. The van der Waals surface area contributed by atoms with E-state index in [1.54, 1.807) is 0 Å². The molecule has 0 spiro atoms. The van der Waals surface area contributed by atoms with E-state index in [0.717, 1.165) is 22.6 Å². The summed E-state index contributed by atoms with van der Waals surface area (Å²) in [6.45, 7) is 0. The maximum absolute atomic E-state index is 2.43. The summed E-state index contributed by atoms with van der Waals surface area (Å²) in [5.74, 6) is 0. The number of nitrogens with zero attached hydrogens (tertiary/aromatic N) is 1. The van der Waals surface area contributed by atoms with Crippen molar-refractivity contribution in [3.63, 3.8) is 0 Å². The second-order valence-electron chi connectivity index (χ2n) is 18.3. The molecule has 13 rings (SSSR count). The first-order valence-corrected chi connectivity index (χ1v) is 24.0. The number of fused-ring (bicyclic) bond motifs is 5. The Hall–Kier alpha value is -8.78. The first-order chi connectivity index (χ1) is 34.3. The van der Waals surface area contributed by atoms with Crippen molar-refractivity contribution in [3.8, 4) is 44.5 Å². The van der Waals surface area contributed by atoms with E-state index < -0.39 is 10.8 Å². The van der Waals surface area contributed by atoms with Crippen molar-refractivity contribution in [1.29, 1.82) is 0 Å². The summed E-state index contributed by atoms with van der Waals surface area (Å²) >= 11 is 0. The van der Waals surface area contributed by atoms with Crippen LogP contribution >= 0.6 is 0 Å². The van der Waals surface area contributed by atoms with E-state index in [1.807, 2.05) is 0 Å². The van der Waals surface area contributed by atoms with Crippen LogP contribution in [0.1, 0.15) is 44.5 Å². The molecule has 1 heteroatoms. The highest BCUT2D eigenvalue weighted by Crippen LogP contribution is 2.66. The zero-order valence-electron chi connectivity index (χ0n) is 38.1. The van der Waals surface area contributed by atoms with Gasteiger partial charge in [0.2, 0.25) is 0 Å². The van der Waals surface area contributed by atoms with E-state index in [2.05, 4.69) is 290 Å². The predicted molar refractivity (Wildman–Crippen MR) is 287 cm³/mol. The normalized spacial score (nSPS) is 16.2. The van der Waals surface area contributed by atoms with Gasteiger partial charge in [-0.05, 0) is 114 Å². The van der Waals surface area contributed by atoms with Gasteiger partial charge < -0.3 is 4.90 Å². The summed E-state index contributed by atoms with van der Waals surface area (Å²) in [7, 11) is 0. The molecule has 11 aromatic rings. The maximum atomic E-state index is 2.43. The Morgan fingerprint density at radius 1 is 0.217 bits per heavy atom. The summed E-state index contributed by atoms with van der Waals surface area (Å²) in [5, 5.41) is 0. The van der Waals surface area contributed by atoms with Crippen molar-refractivity contribution >= 4 is 17.1 Å². The molecular weight excluding hydrogens is 831 g/mol. The molecule has 2 atom stereocenters. The molecule has 0 N–H and O–H groups in total. The molecular formula is C68H47N. The Kier molecular flexibility index (Phi) is 9.70. The van der Waals surface area contributed by atoms with Crippen LogP contribution < -0.4 is 4.90 Å². The van der Waals surface area contributed by atoms with Gasteiger partial charge in [0.15, 0.2) is 0 Å². The van der Waals surface area contributed by atoms with Crippen molar-refractivity contribution in [2.24, 2.45) is 0 Å². The first-order valence-electron chi connectivity index (χ1n) is 24.0. The van der Waals surface area contributed by atoms with Crippen LogP contribution in [-0.2, 0) is 10.8 Å². The molecule has 0 amide bonds. The number of para-hydroxylation sites is 1. The van der Waals surface area contributed by atoms with Crippen molar-refractivity contribution in [3.05, 3.63) is 330 Å². The molecule has 2 unspecified atom stereocenters. The van der Waals surface area contributed by atoms with Crippen LogP contribution in [0.3, 0.4) is 0 Å². The number of anilines is 3. The van der Waals surface area contributed by atoms with Gasteiger partial charge in [0, 0.05) is 16.9 Å². The fraction of sp³-hybridized carbons (Fsp3) is 0.0294. The second kappa shape index (κ2) is 16.5. The predicted octanol–water partition coefficient (Wildman–Crippen LogP) is 17.2. The van der Waals surface area contributed by atoms with E-state index in [9.17, 15) is 0 Å². The number of hydrogen-bond donors (Lipinski definition) is 0. The average Bonchev–Trinajstić information content (AvgIpc) is 3.75. The lowest BCUT2D eigenvalue weighted by Crippen LogP contribution is -2.44. The van der Waals surface area contributed by atoms with Crippen molar-refractivity contribution in [2.75, 3.05) is 4.90 Å². The molecule has 0 aromatic heterocycles. The van der Waals surface area contributed by atoms with Gasteiger partial charge in [-0.15, -0.1) is 0 Å². The molecule has 2 aliphatic rings. The summed E-state index contributed by atoms with van der Waals surface area (Å²) in [4.78, 5) is 2.41. The summed E-state index contributed by atoms with van der Waals surface area (Å²) in [6.07, 6.45) is 0. The van der Waals surface area contributed by atoms with Crippen molar-refractivity contribution in [2.45, 2.75) is 10.8 Å². The topological polar surface area (TPSA) is 3.24 Å². The van der Waals surface area contributed by atoms with E-state index in [0.29, 0.717) is 0 Å². The smallest absolute Gasteiger partial charge is 0.0720 e. The van der Waals surface area contributed by atoms with Crippen LogP contribution in [0.15, 0.2) is 285 Å². The van der Waals surface area contributed by atoms with Gasteiger partial charge >= 0.3 is 0 Å². The van der Waals surface area contributed by atoms with Crippen LogP contribution in [0.4, 0.5) is 17.1 Å². The third-order valence-corrected chi connectivity index (χ3v) is 14.8. The summed E-state index contributed by atoms with van der Waals surface area (Å²) in [6, 6.07) is 106. The Bertz CT molecular complexity index is 3640. The Labute approximate surface area is 404 Å². The highest BCUT2D eigenvalue weighted by atomic mass is 15.1. The Balaban J connectivity index is 1.03. The quantitative estimate of drug-likeness (QED) is 0.140. The molecule has 69 heavy (non-hydrogen) atoms. The van der Waals surface area contributed by atoms with Gasteiger partial charge in [0.1, 0.15) is 0 Å². The number of benzene rings is 11. The van der Waals surface area contributed by atoms with Crippen LogP contribution in [0.5, 0.6) is 0 Å². The largest absolute Gasteiger partial charge is 0.310 e. The average molecular weight is 878 g/mol. The molecule has 0 bridgehead atoms. The molecule has 1 nitrogen and oxygen atoms in total. The lowest BCUT2D eigenvalue weighted by Gasteiger charge is -2.50. The summed E-state index contributed by atoms with van der Waals surface area (Å²) < 4.78 is 0. The minimum absolute atomic E-state index is 0.506. The molecule has 0 radical (unpaired) electrons. The van der Waals surface area contributed by atoms with E-state index in [-0.39, 0.29) is 0 Å². The monoisotopic (exact) mass is 877 g/mol. The highest BCUT2D eigenvalue weighted by molar-refractivity contribution is 5.93. The molecule has 0 saturated carbocycles. The maximum Gasteiger partial charge on any atom is 0.0720 e. The molecule has 324 valence electrons. The van der Waals surface area contributed by atoms with Crippen LogP contribution in [-0.4, -0.2) is 0 Å². The van der Waals surface area contributed by atoms with Crippen molar-refractivity contribution in [1.82, 2.24) is 0 Å². The van der Waals surface area contributed by atoms with Crippen molar-refractivity contribution < 1.29 is 0 Å². The summed E-state index contributed by atoms with van der Waals surface area (Å²) in [5.41, 5.74) is 22.3. The fourth-order valence-corrected chi connectivity index (χ4v) is 12.1. The SMILES string of the molecule is c1ccc(-c2ccc(N(c3ccc(-c4ccccc4C4(c5ccccc5)c5ccccc5C5(c6ccccc6)c6ccccc6-c6cccc4c65)cc3)c3ccccc3-c3ccccc3)cc2)cc1. The molecule has 0 fully saturated rings. The molecule has 0 saturated heterocycles. The van der Waals surface area contributed by atoms with Gasteiger partial charge in [-0.1, -0.05) is 255 Å². The number of rotatable bonds is 9. The molecule has 0 heterocycles. The third-order valence-electron chi connectivity index (χ3n) is 14.8. The van der Waals surface area contributed by atoms with Crippen LogP contribution in [0, 0.1) is 0 Å². The van der Waals surface area contributed by atoms with E-state index in [1.165, 1.54) is 83.5 Å². The Morgan fingerprint density at radius 3 is 1.20 bits per heavy atom. The van der Waals surface area contributed by atoms with Gasteiger partial charge in [-0.25, -0.2) is 0 Å². The Morgan fingerprint density at radius 2 is 0.594 bits per heavy atom. The van der Waals surface area contributed by atoms with E-state index >= 15 is 0 Å². The third kappa shape index (κ3) is 6.17. The molecule has 2 aliphatic carbocycles. The van der Waals surface area contributed by atoms with Gasteiger partial charge in [-0.3, -0.25) is 0 Å². The van der Waals surface area contributed by atoms with Crippen LogP contribution in [0.25, 0.3) is 44.5 Å². The number of hydrogen-bond acceptors (Lipinski definition) is 1. The first kappa shape index (κ1) is 40.5. The lowest BCUT2D eigenvalue weighted by atomic mass is 9.51. The van der Waals surface area contributed by atoms with Gasteiger partial charge in [-0.2, -0.15) is 0 Å². The zero-order valence-corrected chi connectivity index (χ0v) is 38.1. The second-order valence-corrected chi connectivity index (χ2v) is 18.3. The highest BCUT2D eigenvalue weighted by Gasteiger charge is 2.57.